The summed E-state index contributed by atoms with van der Waals surface area (Å²) >= 11 is 1.67. The monoisotopic (exact) mass is 251 g/mol. The van der Waals surface area contributed by atoms with Gasteiger partial charge in [-0.15, -0.1) is 11.8 Å². The third-order valence-corrected chi connectivity index (χ3v) is 4.55. The Bertz CT molecular complexity index is 428. The second-order valence-corrected chi connectivity index (χ2v) is 6.71. The van der Waals surface area contributed by atoms with E-state index >= 15 is 0 Å². The molecular formula is C13H17NO2S. The number of carboxylic acids is 1. The van der Waals surface area contributed by atoms with Crippen LogP contribution in [0.15, 0.2) is 24.3 Å². The van der Waals surface area contributed by atoms with E-state index in [4.69, 9.17) is 0 Å². The Morgan fingerprint density at radius 1 is 1.35 bits per heavy atom. The molecule has 4 heteroatoms. The highest BCUT2D eigenvalue weighted by Crippen LogP contribution is 2.45. The SMILES string of the molecule is Cc1ccc([C@@H]2N[C@@H](C(=O)O)C(C)(C)S2)cc1. The molecule has 1 aromatic carbocycles. The molecule has 1 saturated heterocycles. The maximum absolute atomic E-state index is 11.2. The van der Waals surface area contributed by atoms with Crippen molar-refractivity contribution >= 4 is 17.7 Å². The van der Waals surface area contributed by atoms with Crippen LogP contribution in [0.4, 0.5) is 0 Å². The number of nitrogens with one attached hydrogen (secondary N) is 1. The second-order valence-electron chi connectivity index (χ2n) is 4.95. The van der Waals surface area contributed by atoms with Crippen molar-refractivity contribution < 1.29 is 9.90 Å². The van der Waals surface area contributed by atoms with E-state index in [0.29, 0.717) is 0 Å². The Hall–Kier alpha value is -1.00. The molecule has 1 aliphatic heterocycles. The first-order valence-corrected chi connectivity index (χ1v) is 6.51. The Morgan fingerprint density at radius 3 is 2.41 bits per heavy atom. The van der Waals surface area contributed by atoms with Crippen molar-refractivity contribution in [2.75, 3.05) is 0 Å². The summed E-state index contributed by atoms with van der Waals surface area (Å²) < 4.78 is -0.290. The molecule has 0 aromatic heterocycles. The minimum Gasteiger partial charge on any atom is -0.480 e. The van der Waals surface area contributed by atoms with Crippen molar-refractivity contribution in [1.29, 1.82) is 0 Å². The van der Waals surface area contributed by atoms with Crippen molar-refractivity contribution in [2.24, 2.45) is 0 Å². The molecule has 0 saturated carbocycles. The molecule has 3 nitrogen and oxygen atoms in total. The van der Waals surface area contributed by atoms with Gasteiger partial charge in [0.15, 0.2) is 0 Å². The van der Waals surface area contributed by atoms with Gasteiger partial charge in [0.05, 0.1) is 5.37 Å². The van der Waals surface area contributed by atoms with Crippen molar-refractivity contribution in [2.45, 2.75) is 36.9 Å². The van der Waals surface area contributed by atoms with Crippen LogP contribution in [0.2, 0.25) is 0 Å². The number of carboxylic acid groups (broad SMARTS) is 1. The van der Waals surface area contributed by atoms with Gasteiger partial charge < -0.3 is 5.11 Å². The summed E-state index contributed by atoms with van der Waals surface area (Å²) in [6.45, 7) is 5.98. The second kappa shape index (κ2) is 4.35. The molecule has 0 aliphatic carbocycles. The highest BCUT2D eigenvalue weighted by Gasteiger charge is 2.45. The van der Waals surface area contributed by atoms with Crippen LogP contribution in [0.1, 0.15) is 30.3 Å². The molecule has 92 valence electrons. The van der Waals surface area contributed by atoms with Crippen LogP contribution < -0.4 is 5.32 Å². The normalized spacial score (nSPS) is 27.0. The van der Waals surface area contributed by atoms with E-state index in [1.165, 1.54) is 5.56 Å². The van der Waals surface area contributed by atoms with Gasteiger partial charge in [0, 0.05) is 4.75 Å². The average Bonchev–Trinajstić information content (AvgIpc) is 2.55. The molecule has 0 amide bonds. The maximum atomic E-state index is 11.2. The zero-order valence-corrected chi connectivity index (χ0v) is 11.0. The van der Waals surface area contributed by atoms with Crippen LogP contribution in [0.3, 0.4) is 0 Å². The summed E-state index contributed by atoms with van der Waals surface area (Å²) in [5.74, 6) is -0.780. The van der Waals surface area contributed by atoms with Gasteiger partial charge in [-0.2, -0.15) is 0 Å². The summed E-state index contributed by atoms with van der Waals surface area (Å²) in [4.78, 5) is 11.2. The summed E-state index contributed by atoms with van der Waals surface area (Å²) in [6.07, 6.45) is 0. The van der Waals surface area contributed by atoms with Crippen LogP contribution in [0.25, 0.3) is 0 Å². The topological polar surface area (TPSA) is 49.3 Å². The summed E-state index contributed by atoms with van der Waals surface area (Å²) in [5.41, 5.74) is 2.35. The molecule has 0 spiro atoms. The summed E-state index contributed by atoms with van der Waals surface area (Å²) in [7, 11) is 0. The minimum absolute atomic E-state index is 0.0618. The maximum Gasteiger partial charge on any atom is 0.322 e. The fourth-order valence-corrected chi connectivity index (χ4v) is 3.44. The molecule has 1 fully saturated rings. The van der Waals surface area contributed by atoms with Gasteiger partial charge in [-0.05, 0) is 26.3 Å². The summed E-state index contributed by atoms with van der Waals surface area (Å²) in [6, 6.07) is 7.72. The molecule has 0 bridgehead atoms. The Morgan fingerprint density at radius 2 is 1.94 bits per heavy atom. The van der Waals surface area contributed by atoms with E-state index in [1.807, 2.05) is 20.8 Å². The van der Waals surface area contributed by atoms with Gasteiger partial charge in [-0.3, -0.25) is 10.1 Å². The molecule has 0 unspecified atom stereocenters. The fourth-order valence-electron chi connectivity index (χ4n) is 2.03. The number of aliphatic carboxylic acids is 1. The minimum atomic E-state index is -0.780. The lowest BCUT2D eigenvalue weighted by atomic mass is 10.0. The Balaban J connectivity index is 2.21. The van der Waals surface area contributed by atoms with Crippen molar-refractivity contribution in [3.8, 4) is 0 Å². The van der Waals surface area contributed by atoms with Gasteiger partial charge in [-0.25, -0.2) is 0 Å². The number of hydrogen-bond acceptors (Lipinski definition) is 3. The van der Waals surface area contributed by atoms with E-state index in [9.17, 15) is 9.90 Å². The quantitative estimate of drug-likeness (QED) is 0.848. The van der Waals surface area contributed by atoms with E-state index in [0.717, 1.165) is 5.56 Å². The lowest BCUT2D eigenvalue weighted by molar-refractivity contribution is -0.139. The van der Waals surface area contributed by atoms with Crippen molar-refractivity contribution in [3.05, 3.63) is 35.4 Å². The zero-order chi connectivity index (χ0) is 12.6. The van der Waals surface area contributed by atoms with Crippen LogP contribution in [-0.4, -0.2) is 21.9 Å². The van der Waals surface area contributed by atoms with Gasteiger partial charge in [0.2, 0.25) is 0 Å². The van der Waals surface area contributed by atoms with E-state index in [-0.39, 0.29) is 10.1 Å². The van der Waals surface area contributed by atoms with Gasteiger partial charge in [-0.1, -0.05) is 29.8 Å². The number of benzene rings is 1. The fraction of sp³-hybridized carbons (Fsp3) is 0.462. The third kappa shape index (κ3) is 2.48. The Labute approximate surface area is 106 Å². The first-order valence-electron chi connectivity index (χ1n) is 5.63. The number of carbonyl (C=O) groups is 1. The predicted octanol–water partition coefficient (Wildman–Crippen LogP) is 2.56. The van der Waals surface area contributed by atoms with Crippen LogP contribution >= 0.6 is 11.8 Å². The largest absolute Gasteiger partial charge is 0.480 e. The van der Waals surface area contributed by atoms with Crippen molar-refractivity contribution in [1.82, 2.24) is 5.32 Å². The first kappa shape index (κ1) is 12.5. The smallest absolute Gasteiger partial charge is 0.322 e. The number of hydrogen-bond donors (Lipinski definition) is 2. The lowest BCUT2D eigenvalue weighted by Crippen LogP contribution is -2.43. The van der Waals surface area contributed by atoms with Crippen molar-refractivity contribution in [3.63, 3.8) is 0 Å². The molecule has 2 rings (SSSR count). The molecule has 1 aromatic rings. The number of thioether (sulfide) groups is 1. The first-order chi connectivity index (χ1) is 7.90. The number of aryl methyl sites for hydroxylation is 1. The van der Waals surface area contributed by atoms with Crippen LogP contribution in [0.5, 0.6) is 0 Å². The summed E-state index contributed by atoms with van der Waals surface area (Å²) in [5, 5.41) is 12.4. The van der Waals surface area contributed by atoms with E-state index in [2.05, 4.69) is 29.6 Å². The van der Waals surface area contributed by atoms with E-state index < -0.39 is 12.0 Å². The molecule has 2 N–H and O–H groups in total. The molecule has 1 heterocycles. The highest BCUT2D eigenvalue weighted by atomic mass is 32.2. The highest BCUT2D eigenvalue weighted by molar-refractivity contribution is 8.01. The van der Waals surface area contributed by atoms with Crippen LogP contribution in [0, 0.1) is 6.92 Å². The number of rotatable bonds is 2. The molecular weight excluding hydrogens is 234 g/mol. The van der Waals surface area contributed by atoms with E-state index in [1.54, 1.807) is 11.8 Å². The van der Waals surface area contributed by atoms with Gasteiger partial charge in [0.1, 0.15) is 6.04 Å². The molecule has 17 heavy (non-hydrogen) atoms. The average molecular weight is 251 g/mol. The zero-order valence-electron chi connectivity index (χ0n) is 10.2. The third-order valence-electron chi connectivity index (χ3n) is 3.06. The molecule has 1 aliphatic rings. The lowest BCUT2D eigenvalue weighted by Gasteiger charge is -2.20. The predicted molar refractivity (Wildman–Crippen MR) is 70.1 cm³/mol. The van der Waals surface area contributed by atoms with Gasteiger partial charge >= 0.3 is 5.97 Å². The van der Waals surface area contributed by atoms with Crippen LogP contribution in [-0.2, 0) is 4.79 Å². The Kier molecular flexibility index (Phi) is 3.19. The van der Waals surface area contributed by atoms with Gasteiger partial charge in [0.25, 0.3) is 0 Å². The standard InChI is InChI=1S/C13H17NO2S/c1-8-4-6-9(7-5-8)11-14-10(12(15)16)13(2,3)17-11/h4-7,10-11,14H,1-3H3,(H,15,16)/t10-,11+/m0/s1. The molecule has 2 atom stereocenters. The molecule has 0 radical (unpaired) electrons.